The van der Waals surface area contributed by atoms with Crippen LogP contribution >= 0.6 is 11.3 Å². The fourth-order valence-corrected chi connectivity index (χ4v) is 2.28. The summed E-state index contributed by atoms with van der Waals surface area (Å²) in [7, 11) is 0. The third-order valence-electron chi connectivity index (χ3n) is 2.38. The molecule has 0 fully saturated rings. The van der Waals surface area contributed by atoms with Gasteiger partial charge in [-0.25, -0.2) is 0 Å². The topological polar surface area (TPSA) is 50.1 Å². The first-order valence-electron chi connectivity index (χ1n) is 5.42. The summed E-state index contributed by atoms with van der Waals surface area (Å²) in [5.41, 5.74) is 0.438. The Kier molecular flexibility index (Phi) is 3.75. The van der Waals surface area contributed by atoms with Crippen molar-refractivity contribution in [3.05, 3.63) is 51.7 Å². The molecule has 0 aliphatic rings. The smallest absolute Gasteiger partial charge is 0.210 e. The highest BCUT2D eigenvalue weighted by molar-refractivity contribution is 7.14. The van der Waals surface area contributed by atoms with Crippen molar-refractivity contribution in [3.8, 4) is 11.8 Å². The minimum atomic E-state index is -0.0687. The number of Topliss-reactive ketones (excluding diaryl/α,β-unsaturated/α-hetero) is 1. The Morgan fingerprint density at radius 1 is 1.33 bits per heavy atom. The van der Waals surface area contributed by atoms with Crippen molar-refractivity contribution < 1.29 is 9.53 Å². The van der Waals surface area contributed by atoms with Crippen molar-refractivity contribution in [1.29, 1.82) is 5.26 Å². The average molecular weight is 257 g/mol. The van der Waals surface area contributed by atoms with Crippen LogP contribution in [0.15, 0.2) is 36.4 Å². The first-order chi connectivity index (χ1) is 8.70. The Labute approximate surface area is 109 Å². The van der Waals surface area contributed by atoms with E-state index >= 15 is 0 Å². The summed E-state index contributed by atoms with van der Waals surface area (Å²) in [4.78, 5) is 13.6. The summed E-state index contributed by atoms with van der Waals surface area (Å²) in [6.07, 6.45) is 0. The van der Waals surface area contributed by atoms with E-state index in [4.69, 9.17) is 10.00 Å². The average Bonchev–Trinajstić information content (AvgIpc) is 2.83. The molecule has 90 valence electrons. The van der Waals surface area contributed by atoms with Gasteiger partial charge in [-0.3, -0.25) is 4.79 Å². The lowest BCUT2D eigenvalue weighted by atomic mass is 10.2. The summed E-state index contributed by atoms with van der Waals surface area (Å²) >= 11 is 1.45. The maximum absolute atomic E-state index is 11.8. The quantitative estimate of drug-likeness (QED) is 0.790. The van der Waals surface area contributed by atoms with Crippen LogP contribution in [-0.2, 0) is 0 Å². The van der Waals surface area contributed by atoms with Gasteiger partial charge < -0.3 is 4.74 Å². The van der Waals surface area contributed by atoms with E-state index in [1.54, 1.807) is 30.3 Å². The van der Waals surface area contributed by atoms with Gasteiger partial charge in [-0.1, -0.05) is 12.1 Å². The van der Waals surface area contributed by atoms with Crippen molar-refractivity contribution in [2.45, 2.75) is 6.92 Å². The van der Waals surface area contributed by atoms with Crippen molar-refractivity contribution in [3.63, 3.8) is 0 Å². The van der Waals surface area contributed by atoms with E-state index in [0.717, 1.165) is 4.88 Å². The first kappa shape index (κ1) is 12.3. The van der Waals surface area contributed by atoms with E-state index in [-0.39, 0.29) is 12.4 Å². The number of rotatable bonds is 4. The number of carbonyl (C=O) groups is 1. The zero-order chi connectivity index (χ0) is 13.0. The monoisotopic (exact) mass is 257 g/mol. The van der Waals surface area contributed by atoms with Gasteiger partial charge in [0.25, 0.3) is 0 Å². The molecule has 2 rings (SSSR count). The van der Waals surface area contributed by atoms with E-state index in [1.165, 1.54) is 11.3 Å². The maximum atomic E-state index is 11.8. The van der Waals surface area contributed by atoms with Gasteiger partial charge in [0.15, 0.2) is 6.61 Å². The zero-order valence-corrected chi connectivity index (χ0v) is 10.7. The molecule has 1 heterocycles. The van der Waals surface area contributed by atoms with E-state index in [0.29, 0.717) is 16.2 Å². The molecule has 0 spiro atoms. The van der Waals surface area contributed by atoms with Gasteiger partial charge in [-0.15, -0.1) is 11.3 Å². The van der Waals surface area contributed by atoms with Crippen LogP contribution in [0.1, 0.15) is 20.1 Å². The fraction of sp³-hybridized carbons (Fsp3) is 0.143. The number of benzene rings is 1. The van der Waals surface area contributed by atoms with Crippen LogP contribution in [0.25, 0.3) is 0 Å². The largest absolute Gasteiger partial charge is 0.484 e. The van der Waals surface area contributed by atoms with Crippen LogP contribution in [0.3, 0.4) is 0 Å². The molecule has 18 heavy (non-hydrogen) atoms. The van der Waals surface area contributed by atoms with E-state index in [9.17, 15) is 4.79 Å². The molecule has 0 saturated carbocycles. The summed E-state index contributed by atoms with van der Waals surface area (Å²) in [5, 5.41) is 8.89. The number of nitriles is 1. The lowest BCUT2D eigenvalue weighted by molar-refractivity contribution is 0.0925. The number of thiophene rings is 1. The molecular weight excluding hydrogens is 246 g/mol. The number of aryl methyl sites for hydroxylation is 1. The standard InChI is InChI=1S/C14H11NO2S/c1-10-6-7-14(18-10)12(16)9-17-13-5-3-2-4-11(13)8-15/h2-7H,9H2,1H3. The highest BCUT2D eigenvalue weighted by Crippen LogP contribution is 2.19. The summed E-state index contributed by atoms with van der Waals surface area (Å²) in [6.45, 7) is 1.91. The van der Waals surface area contributed by atoms with Crippen molar-refractivity contribution in [2.75, 3.05) is 6.61 Å². The molecule has 0 N–H and O–H groups in total. The number of hydrogen-bond acceptors (Lipinski definition) is 4. The molecule has 0 atom stereocenters. The van der Waals surface area contributed by atoms with Crippen LogP contribution in [0.2, 0.25) is 0 Å². The van der Waals surface area contributed by atoms with Crippen LogP contribution in [0.4, 0.5) is 0 Å². The van der Waals surface area contributed by atoms with Crippen molar-refractivity contribution >= 4 is 17.1 Å². The highest BCUT2D eigenvalue weighted by Gasteiger charge is 2.10. The molecule has 2 aromatic rings. The second-order valence-electron chi connectivity index (χ2n) is 3.73. The lowest BCUT2D eigenvalue weighted by Crippen LogP contribution is -2.10. The summed E-state index contributed by atoms with van der Waals surface area (Å²) in [5.74, 6) is 0.377. The Balaban J connectivity index is 2.04. The molecule has 4 heteroatoms. The number of carbonyl (C=O) groups excluding carboxylic acids is 1. The van der Waals surface area contributed by atoms with Crippen LogP contribution in [0, 0.1) is 18.3 Å². The minimum absolute atomic E-state index is 0.0430. The van der Waals surface area contributed by atoms with E-state index in [2.05, 4.69) is 0 Å². The van der Waals surface area contributed by atoms with E-state index in [1.807, 2.05) is 19.1 Å². The van der Waals surface area contributed by atoms with Crippen LogP contribution in [0.5, 0.6) is 5.75 Å². The number of ketones is 1. The predicted molar refractivity (Wildman–Crippen MR) is 70.0 cm³/mol. The Hall–Kier alpha value is -2.12. The number of para-hydroxylation sites is 1. The van der Waals surface area contributed by atoms with E-state index < -0.39 is 0 Å². The predicted octanol–water partition coefficient (Wildman–Crippen LogP) is 3.19. The van der Waals surface area contributed by atoms with Gasteiger partial charge in [0, 0.05) is 4.88 Å². The van der Waals surface area contributed by atoms with Crippen molar-refractivity contribution in [1.82, 2.24) is 0 Å². The molecule has 0 aliphatic heterocycles. The van der Waals surface area contributed by atoms with Gasteiger partial charge >= 0.3 is 0 Å². The molecule has 3 nitrogen and oxygen atoms in total. The molecule has 0 radical (unpaired) electrons. The van der Waals surface area contributed by atoms with Gasteiger partial charge in [0.05, 0.1) is 10.4 Å². The van der Waals surface area contributed by atoms with Crippen LogP contribution in [-0.4, -0.2) is 12.4 Å². The Bertz CT molecular complexity index is 610. The van der Waals surface area contributed by atoms with Gasteiger partial charge in [-0.2, -0.15) is 5.26 Å². The molecule has 0 amide bonds. The molecule has 0 aliphatic carbocycles. The minimum Gasteiger partial charge on any atom is -0.484 e. The SMILES string of the molecule is Cc1ccc(C(=O)COc2ccccc2C#N)s1. The molecular formula is C14H11NO2S. The van der Waals surface area contributed by atoms with Crippen LogP contribution < -0.4 is 4.74 Å². The molecule has 1 aromatic heterocycles. The normalized spacial score (nSPS) is 9.78. The van der Waals surface area contributed by atoms with Crippen molar-refractivity contribution in [2.24, 2.45) is 0 Å². The van der Waals surface area contributed by atoms with Gasteiger partial charge in [0.1, 0.15) is 11.8 Å². The first-order valence-corrected chi connectivity index (χ1v) is 6.24. The molecule has 0 unspecified atom stereocenters. The third-order valence-corrected chi connectivity index (χ3v) is 3.42. The highest BCUT2D eigenvalue weighted by atomic mass is 32.1. The maximum Gasteiger partial charge on any atom is 0.210 e. The van der Waals surface area contributed by atoms with Gasteiger partial charge in [-0.05, 0) is 31.2 Å². The molecule has 0 bridgehead atoms. The fourth-order valence-electron chi connectivity index (χ4n) is 1.48. The Morgan fingerprint density at radius 3 is 2.78 bits per heavy atom. The summed E-state index contributed by atoms with van der Waals surface area (Å²) < 4.78 is 5.39. The molecule has 0 saturated heterocycles. The second-order valence-corrected chi connectivity index (χ2v) is 5.02. The zero-order valence-electron chi connectivity index (χ0n) is 9.84. The number of ether oxygens (including phenoxy) is 1. The van der Waals surface area contributed by atoms with Gasteiger partial charge in [0.2, 0.25) is 5.78 Å². The lowest BCUT2D eigenvalue weighted by Gasteiger charge is -2.05. The number of hydrogen-bond donors (Lipinski definition) is 0. The third kappa shape index (κ3) is 2.76. The summed E-state index contributed by atoms with van der Waals surface area (Å²) in [6, 6.07) is 12.6. The second kappa shape index (κ2) is 5.48. The Morgan fingerprint density at radius 2 is 2.11 bits per heavy atom. The number of nitrogens with zero attached hydrogens (tertiary/aromatic N) is 1. The molecule has 1 aromatic carbocycles.